The van der Waals surface area contributed by atoms with Gasteiger partial charge in [-0.3, -0.25) is 0 Å². The van der Waals surface area contributed by atoms with E-state index < -0.39 is 5.60 Å². The second kappa shape index (κ2) is 6.86. The Hall–Kier alpha value is -1.14. The zero-order valence-electron chi connectivity index (χ0n) is 12.1. The van der Waals surface area contributed by atoms with Crippen molar-refractivity contribution in [3.8, 4) is 0 Å². The lowest BCUT2D eigenvalue weighted by atomic mass is 10.1. The number of likely N-dealkylation sites (N-methyl/N-ethyl adjacent to an activating group) is 1. The topological polar surface area (TPSA) is 65.5 Å². The summed E-state index contributed by atoms with van der Waals surface area (Å²) in [5.41, 5.74) is -0.00175. The summed E-state index contributed by atoms with van der Waals surface area (Å²) in [5, 5.41) is 15.6. The van der Waals surface area contributed by atoms with Gasteiger partial charge in [-0.05, 0) is 27.2 Å². The standard InChI is InChI=1S/C13H23N3O2S/c1-5-11-15-10(8-19-11)7-14-12(17)16(6-2)9-13(3,4)18/h8,18H,5-7,9H2,1-4H3,(H,14,17). The first-order valence-electron chi connectivity index (χ1n) is 6.54. The number of rotatable bonds is 6. The van der Waals surface area contributed by atoms with Gasteiger partial charge in [0, 0.05) is 11.9 Å². The number of aliphatic hydroxyl groups is 1. The zero-order valence-corrected chi connectivity index (χ0v) is 12.9. The molecule has 19 heavy (non-hydrogen) atoms. The van der Waals surface area contributed by atoms with Crippen LogP contribution in [0.4, 0.5) is 4.79 Å². The molecule has 1 heterocycles. The van der Waals surface area contributed by atoms with Gasteiger partial charge in [0.15, 0.2) is 0 Å². The number of amides is 2. The molecule has 2 N–H and O–H groups in total. The molecule has 2 amide bonds. The predicted octanol–water partition coefficient (Wildman–Crippen LogP) is 2.01. The molecule has 1 aromatic heterocycles. The minimum Gasteiger partial charge on any atom is -0.389 e. The summed E-state index contributed by atoms with van der Waals surface area (Å²) in [6.45, 7) is 8.64. The molecule has 0 aliphatic rings. The Morgan fingerprint density at radius 1 is 1.53 bits per heavy atom. The number of carbonyl (C=O) groups is 1. The lowest BCUT2D eigenvalue weighted by Crippen LogP contribution is -2.46. The normalized spacial score (nSPS) is 11.4. The zero-order chi connectivity index (χ0) is 14.5. The average molecular weight is 285 g/mol. The summed E-state index contributed by atoms with van der Waals surface area (Å²) < 4.78 is 0. The van der Waals surface area contributed by atoms with Crippen LogP contribution in [-0.2, 0) is 13.0 Å². The fourth-order valence-electron chi connectivity index (χ4n) is 1.66. The third kappa shape index (κ3) is 5.57. The highest BCUT2D eigenvalue weighted by atomic mass is 32.1. The Morgan fingerprint density at radius 2 is 2.21 bits per heavy atom. The summed E-state index contributed by atoms with van der Waals surface area (Å²) in [4.78, 5) is 18.0. The van der Waals surface area contributed by atoms with Gasteiger partial charge in [0.25, 0.3) is 0 Å². The molecule has 0 fully saturated rings. The molecular weight excluding hydrogens is 262 g/mol. The van der Waals surface area contributed by atoms with Crippen LogP contribution in [0.2, 0.25) is 0 Å². The molecular formula is C13H23N3O2S. The number of nitrogens with zero attached hydrogens (tertiary/aromatic N) is 2. The summed E-state index contributed by atoms with van der Waals surface area (Å²) in [5.74, 6) is 0. The van der Waals surface area contributed by atoms with Crippen LogP contribution in [0.5, 0.6) is 0 Å². The lowest BCUT2D eigenvalue weighted by molar-refractivity contribution is 0.0479. The first kappa shape index (κ1) is 15.9. The maximum absolute atomic E-state index is 12.0. The van der Waals surface area contributed by atoms with Crippen LogP contribution in [0.25, 0.3) is 0 Å². The van der Waals surface area contributed by atoms with Gasteiger partial charge >= 0.3 is 6.03 Å². The summed E-state index contributed by atoms with van der Waals surface area (Å²) >= 11 is 1.61. The van der Waals surface area contributed by atoms with Crippen LogP contribution >= 0.6 is 11.3 Å². The molecule has 6 heteroatoms. The van der Waals surface area contributed by atoms with E-state index in [0.717, 1.165) is 17.1 Å². The van der Waals surface area contributed by atoms with Crippen LogP contribution in [0.1, 0.15) is 38.4 Å². The maximum Gasteiger partial charge on any atom is 0.317 e. The Bertz CT molecular complexity index is 412. The van der Waals surface area contributed by atoms with Crippen molar-refractivity contribution in [2.24, 2.45) is 0 Å². The molecule has 0 aromatic carbocycles. The monoisotopic (exact) mass is 285 g/mol. The van der Waals surface area contributed by atoms with E-state index in [4.69, 9.17) is 0 Å². The molecule has 0 aliphatic heterocycles. The smallest absolute Gasteiger partial charge is 0.317 e. The minimum atomic E-state index is -0.886. The van der Waals surface area contributed by atoms with Crippen molar-refractivity contribution < 1.29 is 9.90 Å². The van der Waals surface area contributed by atoms with Gasteiger partial charge in [-0.15, -0.1) is 11.3 Å². The number of thiazole rings is 1. The minimum absolute atomic E-state index is 0.171. The first-order valence-corrected chi connectivity index (χ1v) is 7.42. The Balaban J connectivity index is 2.48. The van der Waals surface area contributed by atoms with E-state index in [9.17, 15) is 9.90 Å². The fourth-order valence-corrected chi connectivity index (χ4v) is 2.41. The molecule has 108 valence electrons. The SMILES string of the molecule is CCc1nc(CNC(=O)N(CC)CC(C)(C)O)cs1. The second-order valence-electron chi connectivity index (χ2n) is 5.07. The summed E-state index contributed by atoms with van der Waals surface area (Å²) in [6.07, 6.45) is 0.915. The van der Waals surface area contributed by atoms with Crippen molar-refractivity contribution in [3.05, 3.63) is 16.1 Å². The van der Waals surface area contributed by atoms with Crippen molar-refractivity contribution in [2.75, 3.05) is 13.1 Å². The lowest BCUT2D eigenvalue weighted by Gasteiger charge is -2.28. The van der Waals surface area contributed by atoms with Crippen molar-refractivity contribution in [1.29, 1.82) is 0 Å². The van der Waals surface area contributed by atoms with Gasteiger partial charge in [0.1, 0.15) is 0 Å². The van der Waals surface area contributed by atoms with Crippen molar-refractivity contribution in [3.63, 3.8) is 0 Å². The number of aryl methyl sites for hydroxylation is 1. The predicted molar refractivity (Wildman–Crippen MR) is 77.3 cm³/mol. The second-order valence-corrected chi connectivity index (χ2v) is 6.01. The van der Waals surface area contributed by atoms with Crippen LogP contribution in [0.3, 0.4) is 0 Å². The molecule has 0 spiro atoms. The van der Waals surface area contributed by atoms with Gasteiger partial charge < -0.3 is 15.3 Å². The van der Waals surface area contributed by atoms with Crippen molar-refractivity contribution >= 4 is 17.4 Å². The molecule has 0 saturated carbocycles. The van der Waals surface area contributed by atoms with Crippen molar-refractivity contribution in [2.45, 2.75) is 46.3 Å². The van der Waals surface area contributed by atoms with Gasteiger partial charge in [0.05, 0.1) is 29.4 Å². The molecule has 0 saturated heterocycles. The van der Waals surface area contributed by atoms with Crippen LogP contribution in [0, 0.1) is 0 Å². The molecule has 0 atom stereocenters. The molecule has 0 radical (unpaired) electrons. The highest BCUT2D eigenvalue weighted by molar-refractivity contribution is 7.09. The number of carbonyl (C=O) groups excluding carboxylic acids is 1. The largest absolute Gasteiger partial charge is 0.389 e. The van der Waals surface area contributed by atoms with E-state index in [1.165, 1.54) is 0 Å². The van der Waals surface area contributed by atoms with Gasteiger partial charge in [-0.25, -0.2) is 9.78 Å². The Kier molecular flexibility index (Phi) is 5.75. The highest BCUT2D eigenvalue weighted by Gasteiger charge is 2.21. The molecule has 0 unspecified atom stereocenters. The van der Waals surface area contributed by atoms with E-state index in [2.05, 4.69) is 17.2 Å². The van der Waals surface area contributed by atoms with E-state index in [0.29, 0.717) is 19.6 Å². The molecule has 5 nitrogen and oxygen atoms in total. The van der Waals surface area contributed by atoms with Gasteiger partial charge in [-0.1, -0.05) is 6.92 Å². The number of hydrogen-bond donors (Lipinski definition) is 2. The fraction of sp³-hybridized carbons (Fsp3) is 0.692. The van der Waals surface area contributed by atoms with E-state index in [1.54, 1.807) is 30.1 Å². The number of nitrogens with one attached hydrogen (secondary N) is 1. The molecule has 1 rings (SSSR count). The summed E-state index contributed by atoms with van der Waals surface area (Å²) in [7, 11) is 0. The maximum atomic E-state index is 12.0. The highest BCUT2D eigenvalue weighted by Crippen LogP contribution is 2.10. The average Bonchev–Trinajstić information content (AvgIpc) is 2.79. The third-order valence-electron chi connectivity index (χ3n) is 2.57. The molecule has 1 aromatic rings. The van der Waals surface area contributed by atoms with Crippen LogP contribution in [-0.4, -0.2) is 39.7 Å². The van der Waals surface area contributed by atoms with E-state index in [1.807, 2.05) is 12.3 Å². The number of aromatic nitrogens is 1. The van der Waals surface area contributed by atoms with Crippen LogP contribution < -0.4 is 5.32 Å². The third-order valence-corrected chi connectivity index (χ3v) is 3.61. The van der Waals surface area contributed by atoms with Gasteiger partial charge in [-0.2, -0.15) is 0 Å². The van der Waals surface area contributed by atoms with Gasteiger partial charge in [0.2, 0.25) is 0 Å². The van der Waals surface area contributed by atoms with E-state index >= 15 is 0 Å². The van der Waals surface area contributed by atoms with E-state index in [-0.39, 0.29) is 6.03 Å². The Morgan fingerprint density at radius 3 is 2.68 bits per heavy atom. The van der Waals surface area contributed by atoms with Crippen LogP contribution in [0.15, 0.2) is 5.38 Å². The quantitative estimate of drug-likeness (QED) is 0.840. The summed E-state index contributed by atoms with van der Waals surface area (Å²) in [6, 6.07) is -0.171. The van der Waals surface area contributed by atoms with Crippen molar-refractivity contribution in [1.82, 2.24) is 15.2 Å². The number of hydrogen-bond acceptors (Lipinski definition) is 4. The Labute approximate surface area is 118 Å². The first-order chi connectivity index (χ1) is 8.85. The molecule has 0 bridgehead atoms. The number of urea groups is 1. The molecule has 0 aliphatic carbocycles.